The second kappa shape index (κ2) is 7.36. The first-order valence-electron chi connectivity index (χ1n) is 8.31. The molecule has 2 fully saturated rings. The first-order valence-corrected chi connectivity index (χ1v) is 9.29. The van der Waals surface area contributed by atoms with E-state index in [1.807, 2.05) is 25.4 Å². The van der Waals surface area contributed by atoms with Crippen LogP contribution in [0, 0.1) is 0 Å². The summed E-state index contributed by atoms with van der Waals surface area (Å²) in [6.45, 7) is 2.97. The Morgan fingerprint density at radius 3 is 2.95 bits per heavy atom. The molecular weight excluding hydrogens is 292 g/mol. The number of nitrogens with zero attached hydrogens (tertiary/aromatic N) is 3. The number of thioether (sulfide) groups is 1. The average Bonchev–Trinajstić information content (AvgIpc) is 2.57. The Kier molecular flexibility index (Phi) is 5.24. The molecule has 0 amide bonds. The highest BCUT2D eigenvalue weighted by molar-refractivity contribution is 8.00. The number of nitrogens with one attached hydrogen (secondary N) is 1. The van der Waals surface area contributed by atoms with Crippen molar-refractivity contribution in [2.24, 2.45) is 4.99 Å². The maximum absolute atomic E-state index is 4.50. The Labute approximate surface area is 137 Å². The summed E-state index contributed by atoms with van der Waals surface area (Å²) in [6.07, 6.45) is 8.77. The molecule has 1 aromatic heterocycles. The summed E-state index contributed by atoms with van der Waals surface area (Å²) in [6, 6.07) is 6.03. The van der Waals surface area contributed by atoms with Crippen molar-refractivity contribution in [1.29, 1.82) is 0 Å². The van der Waals surface area contributed by atoms with Gasteiger partial charge in [0, 0.05) is 36.8 Å². The van der Waals surface area contributed by atoms with Crippen molar-refractivity contribution in [3.8, 4) is 0 Å². The molecule has 1 saturated carbocycles. The van der Waals surface area contributed by atoms with Gasteiger partial charge in [-0.05, 0) is 25.0 Å². The maximum atomic E-state index is 4.50. The molecule has 1 aromatic rings. The standard InChI is InChI=1S/C17H26N4S/c1-18-16(20-13-15-7-3-6-10-19-15)21-11-12-22-17(14-21)8-4-2-5-9-17/h3,6-7,10H,2,4-5,8-9,11-14H2,1H3,(H,18,20). The third-order valence-electron chi connectivity index (χ3n) is 4.68. The lowest BCUT2D eigenvalue weighted by Crippen LogP contribution is -2.53. The third-order valence-corrected chi connectivity index (χ3v) is 6.21. The average molecular weight is 318 g/mol. The van der Waals surface area contributed by atoms with Gasteiger partial charge in [0.05, 0.1) is 12.2 Å². The highest BCUT2D eigenvalue weighted by Gasteiger charge is 2.38. The molecule has 22 heavy (non-hydrogen) atoms. The molecule has 4 nitrogen and oxygen atoms in total. The quantitative estimate of drug-likeness (QED) is 0.672. The van der Waals surface area contributed by atoms with Crippen molar-refractivity contribution in [2.75, 3.05) is 25.9 Å². The number of aliphatic imine (C=N–C) groups is 1. The van der Waals surface area contributed by atoms with Crippen molar-refractivity contribution in [1.82, 2.24) is 15.2 Å². The van der Waals surface area contributed by atoms with Crippen LogP contribution in [-0.2, 0) is 6.54 Å². The van der Waals surface area contributed by atoms with Gasteiger partial charge >= 0.3 is 0 Å². The Morgan fingerprint density at radius 2 is 2.23 bits per heavy atom. The predicted octanol–water partition coefficient (Wildman–Crippen LogP) is 2.91. The lowest BCUT2D eigenvalue weighted by Gasteiger charge is -2.45. The van der Waals surface area contributed by atoms with Crippen LogP contribution in [0.4, 0.5) is 0 Å². The normalized spacial score (nSPS) is 21.9. The molecule has 1 aliphatic heterocycles. The van der Waals surface area contributed by atoms with Crippen LogP contribution in [0.15, 0.2) is 29.4 Å². The van der Waals surface area contributed by atoms with E-state index in [-0.39, 0.29) is 0 Å². The van der Waals surface area contributed by atoms with Gasteiger partial charge in [-0.25, -0.2) is 0 Å². The first-order chi connectivity index (χ1) is 10.8. The number of pyridine rings is 1. The van der Waals surface area contributed by atoms with Gasteiger partial charge < -0.3 is 10.2 Å². The van der Waals surface area contributed by atoms with Gasteiger partial charge in [-0.3, -0.25) is 9.98 Å². The molecule has 0 atom stereocenters. The van der Waals surface area contributed by atoms with Gasteiger partial charge in [0.1, 0.15) is 0 Å². The summed E-state index contributed by atoms with van der Waals surface area (Å²) in [5.74, 6) is 2.24. The Balaban J connectivity index is 1.60. The fourth-order valence-corrected chi connectivity index (χ4v) is 5.10. The van der Waals surface area contributed by atoms with Crippen molar-refractivity contribution < 1.29 is 0 Å². The van der Waals surface area contributed by atoms with Gasteiger partial charge in [0.2, 0.25) is 0 Å². The molecule has 2 aliphatic rings. The Bertz CT molecular complexity index is 491. The minimum atomic E-state index is 0.471. The molecule has 1 spiro atoms. The SMILES string of the molecule is CN=C(NCc1ccccn1)N1CCSC2(CCCCC2)C1. The van der Waals surface area contributed by atoms with Gasteiger partial charge in [-0.2, -0.15) is 11.8 Å². The number of aromatic nitrogens is 1. The van der Waals surface area contributed by atoms with Crippen LogP contribution >= 0.6 is 11.8 Å². The van der Waals surface area contributed by atoms with E-state index in [1.54, 1.807) is 0 Å². The van der Waals surface area contributed by atoms with E-state index in [0.29, 0.717) is 4.75 Å². The topological polar surface area (TPSA) is 40.5 Å². The summed E-state index contributed by atoms with van der Waals surface area (Å²) in [5, 5.41) is 3.48. The zero-order chi connectivity index (χ0) is 15.3. The highest BCUT2D eigenvalue weighted by atomic mass is 32.2. The van der Waals surface area contributed by atoms with E-state index in [1.165, 1.54) is 37.9 Å². The summed E-state index contributed by atoms with van der Waals surface area (Å²) >= 11 is 2.20. The molecule has 1 N–H and O–H groups in total. The molecule has 0 radical (unpaired) electrons. The molecule has 1 saturated heterocycles. The van der Waals surface area contributed by atoms with E-state index in [2.05, 4.69) is 38.0 Å². The van der Waals surface area contributed by atoms with Crippen molar-refractivity contribution >= 4 is 17.7 Å². The fourth-order valence-electron chi connectivity index (χ4n) is 3.53. The zero-order valence-corrected chi connectivity index (χ0v) is 14.2. The molecular formula is C17H26N4S. The van der Waals surface area contributed by atoms with Gasteiger partial charge in [0.15, 0.2) is 5.96 Å². The Hall–Kier alpha value is -1.23. The number of hydrogen-bond donors (Lipinski definition) is 1. The first kappa shape index (κ1) is 15.7. The van der Waals surface area contributed by atoms with Gasteiger partial charge in [0.25, 0.3) is 0 Å². The van der Waals surface area contributed by atoms with Crippen molar-refractivity contribution in [3.63, 3.8) is 0 Å². The minimum Gasteiger partial charge on any atom is -0.351 e. The van der Waals surface area contributed by atoms with Crippen LogP contribution < -0.4 is 5.32 Å². The largest absolute Gasteiger partial charge is 0.351 e. The monoisotopic (exact) mass is 318 g/mol. The van der Waals surface area contributed by atoms with Crippen LogP contribution in [0.25, 0.3) is 0 Å². The van der Waals surface area contributed by atoms with Crippen LogP contribution in [0.3, 0.4) is 0 Å². The fraction of sp³-hybridized carbons (Fsp3) is 0.647. The van der Waals surface area contributed by atoms with Crippen LogP contribution in [0.1, 0.15) is 37.8 Å². The molecule has 120 valence electrons. The van der Waals surface area contributed by atoms with Crippen LogP contribution in [0.5, 0.6) is 0 Å². The lowest BCUT2D eigenvalue weighted by atomic mass is 9.87. The molecule has 1 aliphatic carbocycles. The molecule has 0 unspecified atom stereocenters. The van der Waals surface area contributed by atoms with E-state index >= 15 is 0 Å². The minimum absolute atomic E-state index is 0.471. The summed E-state index contributed by atoms with van der Waals surface area (Å²) in [5.41, 5.74) is 1.06. The number of rotatable bonds is 2. The maximum Gasteiger partial charge on any atom is 0.194 e. The van der Waals surface area contributed by atoms with Crippen molar-refractivity contribution in [3.05, 3.63) is 30.1 Å². The summed E-state index contributed by atoms with van der Waals surface area (Å²) in [7, 11) is 1.88. The summed E-state index contributed by atoms with van der Waals surface area (Å²) < 4.78 is 0.471. The Morgan fingerprint density at radius 1 is 1.36 bits per heavy atom. The molecule has 5 heteroatoms. The highest BCUT2D eigenvalue weighted by Crippen LogP contribution is 2.42. The second-order valence-corrected chi connectivity index (χ2v) is 7.80. The second-order valence-electron chi connectivity index (χ2n) is 6.24. The third kappa shape index (κ3) is 3.75. The van der Waals surface area contributed by atoms with E-state index in [4.69, 9.17) is 0 Å². The summed E-state index contributed by atoms with van der Waals surface area (Å²) in [4.78, 5) is 11.3. The van der Waals surface area contributed by atoms with Crippen LogP contribution in [0.2, 0.25) is 0 Å². The molecule has 2 heterocycles. The van der Waals surface area contributed by atoms with E-state index in [0.717, 1.165) is 31.3 Å². The molecule has 0 aromatic carbocycles. The van der Waals surface area contributed by atoms with Gasteiger partial charge in [-0.1, -0.05) is 25.3 Å². The number of hydrogen-bond acceptors (Lipinski definition) is 3. The predicted molar refractivity (Wildman–Crippen MR) is 94.3 cm³/mol. The zero-order valence-electron chi connectivity index (χ0n) is 13.4. The molecule has 0 bridgehead atoms. The molecule has 3 rings (SSSR count). The van der Waals surface area contributed by atoms with Gasteiger partial charge in [-0.15, -0.1) is 0 Å². The van der Waals surface area contributed by atoms with E-state index < -0.39 is 0 Å². The number of guanidine groups is 1. The smallest absolute Gasteiger partial charge is 0.194 e. The van der Waals surface area contributed by atoms with Crippen LogP contribution in [-0.4, -0.2) is 46.5 Å². The van der Waals surface area contributed by atoms with E-state index in [9.17, 15) is 0 Å². The van der Waals surface area contributed by atoms with Crippen molar-refractivity contribution in [2.45, 2.75) is 43.4 Å². The lowest BCUT2D eigenvalue weighted by molar-refractivity contribution is 0.293.